The Morgan fingerprint density at radius 3 is 2.63 bits per heavy atom. The third kappa shape index (κ3) is 4.01. The molecule has 11 heteroatoms. The SMILES string of the molecule is CCOc1ccc(-c2nnc(NS(=O)(=O)c3cnn(-c4ccccc4F)c3)o2)cc1. The van der Waals surface area contributed by atoms with Crippen molar-refractivity contribution in [1.29, 1.82) is 0 Å². The van der Waals surface area contributed by atoms with Gasteiger partial charge >= 0.3 is 6.01 Å². The van der Waals surface area contributed by atoms with Gasteiger partial charge in [0.25, 0.3) is 10.0 Å². The van der Waals surface area contributed by atoms with Gasteiger partial charge in [0.05, 0.1) is 19.0 Å². The van der Waals surface area contributed by atoms with Crippen LogP contribution in [0.1, 0.15) is 6.92 Å². The molecular formula is C19H16FN5O4S. The Morgan fingerprint density at radius 1 is 1.13 bits per heavy atom. The van der Waals surface area contributed by atoms with Crippen LogP contribution in [0.15, 0.2) is 70.2 Å². The minimum absolute atomic E-state index is 0.120. The highest BCUT2D eigenvalue weighted by atomic mass is 32.2. The monoisotopic (exact) mass is 429 g/mol. The molecule has 0 unspecified atom stereocenters. The van der Waals surface area contributed by atoms with Crippen molar-refractivity contribution in [3.05, 3.63) is 66.7 Å². The lowest BCUT2D eigenvalue weighted by atomic mass is 10.2. The fourth-order valence-corrected chi connectivity index (χ4v) is 3.48. The lowest BCUT2D eigenvalue weighted by Gasteiger charge is -2.03. The molecule has 2 heterocycles. The summed E-state index contributed by atoms with van der Waals surface area (Å²) in [6.07, 6.45) is 2.28. The van der Waals surface area contributed by atoms with Crippen LogP contribution < -0.4 is 9.46 Å². The largest absolute Gasteiger partial charge is 0.494 e. The number of benzene rings is 2. The van der Waals surface area contributed by atoms with Gasteiger partial charge in [0.15, 0.2) is 0 Å². The predicted octanol–water partition coefficient (Wildman–Crippen LogP) is 3.26. The molecule has 0 fully saturated rings. The maximum Gasteiger partial charge on any atom is 0.330 e. The second-order valence-corrected chi connectivity index (χ2v) is 7.73. The molecule has 0 amide bonds. The van der Waals surface area contributed by atoms with E-state index >= 15 is 0 Å². The standard InChI is InChI=1S/C19H16FN5O4S/c1-2-28-14-9-7-13(8-10-14)18-22-23-19(29-18)24-30(26,27)15-11-21-25(12-15)17-6-4-3-5-16(17)20/h3-12H,2H2,1H3,(H,23,24). The van der Waals surface area contributed by atoms with Gasteiger partial charge in [0.1, 0.15) is 22.1 Å². The van der Waals surface area contributed by atoms with Crippen LogP contribution in [-0.2, 0) is 10.0 Å². The van der Waals surface area contributed by atoms with Crippen LogP contribution in [0.4, 0.5) is 10.4 Å². The normalized spacial score (nSPS) is 11.4. The second kappa shape index (κ2) is 7.95. The first-order chi connectivity index (χ1) is 14.5. The van der Waals surface area contributed by atoms with E-state index in [1.165, 1.54) is 24.4 Å². The first-order valence-electron chi connectivity index (χ1n) is 8.85. The third-order valence-electron chi connectivity index (χ3n) is 4.03. The molecular weight excluding hydrogens is 413 g/mol. The maximum atomic E-state index is 13.9. The first-order valence-corrected chi connectivity index (χ1v) is 10.3. The second-order valence-electron chi connectivity index (χ2n) is 6.05. The quantitative estimate of drug-likeness (QED) is 0.480. The summed E-state index contributed by atoms with van der Waals surface area (Å²) < 4.78 is 53.2. The molecule has 30 heavy (non-hydrogen) atoms. The van der Waals surface area contributed by atoms with Gasteiger partial charge in [-0.1, -0.05) is 17.2 Å². The summed E-state index contributed by atoms with van der Waals surface area (Å²) in [6.45, 7) is 2.42. The van der Waals surface area contributed by atoms with Gasteiger partial charge in [-0.05, 0) is 43.3 Å². The summed E-state index contributed by atoms with van der Waals surface area (Å²) >= 11 is 0. The number of halogens is 1. The van der Waals surface area contributed by atoms with Crippen molar-refractivity contribution in [2.75, 3.05) is 11.3 Å². The molecule has 0 spiro atoms. The van der Waals surface area contributed by atoms with Crippen LogP contribution in [-0.4, -0.2) is 35.0 Å². The number of ether oxygens (including phenoxy) is 1. The summed E-state index contributed by atoms with van der Waals surface area (Å²) in [5.74, 6) is 0.292. The van der Waals surface area contributed by atoms with Gasteiger partial charge in [-0.15, -0.1) is 5.10 Å². The predicted molar refractivity (Wildman–Crippen MR) is 105 cm³/mol. The summed E-state index contributed by atoms with van der Waals surface area (Å²) in [5.41, 5.74) is 0.721. The number of nitrogens with zero attached hydrogens (tertiary/aromatic N) is 4. The molecule has 1 N–H and O–H groups in total. The lowest BCUT2D eigenvalue weighted by molar-refractivity contribution is 0.340. The molecule has 4 aromatic rings. The summed E-state index contributed by atoms with van der Waals surface area (Å²) in [6, 6.07) is 12.5. The summed E-state index contributed by atoms with van der Waals surface area (Å²) in [5, 5.41) is 11.5. The molecule has 0 saturated heterocycles. The van der Waals surface area contributed by atoms with E-state index in [2.05, 4.69) is 20.0 Å². The zero-order valence-corrected chi connectivity index (χ0v) is 16.5. The van der Waals surface area contributed by atoms with Crippen LogP contribution >= 0.6 is 0 Å². The van der Waals surface area contributed by atoms with Crippen molar-refractivity contribution in [3.63, 3.8) is 0 Å². The molecule has 0 bridgehead atoms. The van der Waals surface area contributed by atoms with Crippen LogP contribution in [0.3, 0.4) is 0 Å². The Hall–Kier alpha value is -3.73. The first kappa shape index (κ1) is 19.6. The van der Waals surface area contributed by atoms with Crippen molar-refractivity contribution < 1.29 is 22.0 Å². The van der Waals surface area contributed by atoms with E-state index in [9.17, 15) is 12.8 Å². The molecule has 0 atom stereocenters. The summed E-state index contributed by atoms with van der Waals surface area (Å²) in [7, 11) is -4.07. The highest BCUT2D eigenvalue weighted by Gasteiger charge is 2.21. The van der Waals surface area contributed by atoms with E-state index in [0.717, 1.165) is 10.9 Å². The van der Waals surface area contributed by atoms with E-state index in [-0.39, 0.29) is 22.5 Å². The average molecular weight is 429 g/mol. The van der Waals surface area contributed by atoms with Gasteiger partial charge in [-0.2, -0.15) is 5.10 Å². The molecule has 9 nitrogen and oxygen atoms in total. The Morgan fingerprint density at radius 2 is 1.90 bits per heavy atom. The molecule has 0 aliphatic heterocycles. The van der Waals surface area contributed by atoms with Crippen LogP contribution in [0.25, 0.3) is 17.1 Å². The Kier molecular flexibility index (Phi) is 5.19. The highest BCUT2D eigenvalue weighted by molar-refractivity contribution is 7.92. The molecule has 0 radical (unpaired) electrons. The highest BCUT2D eigenvalue weighted by Crippen LogP contribution is 2.24. The number of hydrogen-bond donors (Lipinski definition) is 1. The molecule has 2 aromatic heterocycles. The minimum Gasteiger partial charge on any atom is -0.494 e. The third-order valence-corrected chi connectivity index (χ3v) is 5.30. The van der Waals surface area contributed by atoms with E-state index in [1.54, 1.807) is 30.3 Å². The topological polar surface area (TPSA) is 112 Å². The molecule has 154 valence electrons. The van der Waals surface area contributed by atoms with Gasteiger partial charge in [0.2, 0.25) is 5.89 Å². The van der Waals surface area contributed by atoms with Gasteiger partial charge in [0, 0.05) is 5.56 Å². The van der Waals surface area contributed by atoms with Crippen molar-refractivity contribution in [1.82, 2.24) is 20.0 Å². The molecule has 4 rings (SSSR count). The van der Waals surface area contributed by atoms with Crippen molar-refractivity contribution in [2.24, 2.45) is 0 Å². The van der Waals surface area contributed by atoms with Crippen LogP contribution in [0.5, 0.6) is 5.75 Å². The number of sulfonamides is 1. The van der Waals surface area contributed by atoms with E-state index < -0.39 is 15.8 Å². The minimum atomic E-state index is -4.07. The summed E-state index contributed by atoms with van der Waals surface area (Å²) in [4.78, 5) is -0.188. The Labute approximate surface area is 171 Å². The average Bonchev–Trinajstić information content (AvgIpc) is 3.39. The fraction of sp³-hybridized carbons (Fsp3) is 0.105. The molecule has 0 aliphatic rings. The zero-order valence-electron chi connectivity index (χ0n) is 15.7. The number of rotatable bonds is 7. The number of aromatic nitrogens is 4. The number of anilines is 1. The van der Waals surface area contributed by atoms with E-state index in [0.29, 0.717) is 17.9 Å². The Balaban J connectivity index is 1.53. The number of hydrogen-bond acceptors (Lipinski definition) is 7. The number of nitrogens with one attached hydrogen (secondary N) is 1. The van der Waals surface area contributed by atoms with Gasteiger partial charge in [-0.3, -0.25) is 0 Å². The van der Waals surface area contributed by atoms with Gasteiger partial charge in [-0.25, -0.2) is 22.2 Å². The zero-order chi connectivity index (χ0) is 21.1. The smallest absolute Gasteiger partial charge is 0.330 e. The van der Waals surface area contributed by atoms with E-state index in [1.807, 2.05) is 6.92 Å². The van der Waals surface area contributed by atoms with Crippen LogP contribution in [0, 0.1) is 5.82 Å². The van der Waals surface area contributed by atoms with Crippen molar-refractivity contribution in [3.8, 4) is 22.9 Å². The van der Waals surface area contributed by atoms with Crippen molar-refractivity contribution in [2.45, 2.75) is 11.8 Å². The lowest BCUT2D eigenvalue weighted by Crippen LogP contribution is -2.12. The Bertz CT molecular complexity index is 1270. The number of para-hydroxylation sites is 1. The van der Waals surface area contributed by atoms with Crippen LogP contribution in [0.2, 0.25) is 0 Å². The maximum absolute atomic E-state index is 13.9. The fourth-order valence-electron chi connectivity index (χ4n) is 2.63. The molecule has 2 aromatic carbocycles. The molecule has 0 aliphatic carbocycles. The van der Waals surface area contributed by atoms with Gasteiger partial charge < -0.3 is 9.15 Å². The molecule has 0 saturated carbocycles. The van der Waals surface area contributed by atoms with E-state index in [4.69, 9.17) is 9.15 Å². The van der Waals surface area contributed by atoms with Crippen molar-refractivity contribution >= 4 is 16.0 Å².